The van der Waals surface area contributed by atoms with E-state index in [0.29, 0.717) is 19.3 Å². The van der Waals surface area contributed by atoms with E-state index in [1.807, 2.05) is 0 Å². The number of hydrogen-bond acceptors (Lipinski definition) is 10. The molecular weight excluding hydrogens is 928 g/mol. The Labute approximate surface area is 438 Å². The second-order valence-electron chi connectivity index (χ2n) is 18.4. The minimum atomic E-state index is -4.76. The molecule has 0 heterocycles. The molecule has 412 valence electrons. The monoisotopic (exact) mass is 1030 g/mol. The van der Waals surface area contributed by atoms with E-state index in [1.54, 1.807) is 0 Å². The van der Waals surface area contributed by atoms with Crippen molar-refractivity contribution in [3.63, 3.8) is 0 Å². The van der Waals surface area contributed by atoms with Gasteiger partial charge in [-0.3, -0.25) is 23.4 Å². The first-order valence-corrected chi connectivity index (χ1v) is 29.6. The molecule has 11 nitrogen and oxygen atoms in total. The van der Waals surface area contributed by atoms with Gasteiger partial charge in [0.1, 0.15) is 12.7 Å². The number of ether oxygens (including phenoxy) is 3. The average molecular weight is 1030 g/mol. The van der Waals surface area contributed by atoms with Gasteiger partial charge in [0, 0.05) is 19.3 Å². The van der Waals surface area contributed by atoms with E-state index in [0.717, 1.165) is 141 Å². The summed E-state index contributed by atoms with van der Waals surface area (Å²) in [5.41, 5.74) is 0. The Balaban J connectivity index is 4.80. The molecule has 0 saturated carbocycles. The van der Waals surface area contributed by atoms with Crippen LogP contribution in [0.3, 0.4) is 0 Å². The van der Waals surface area contributed by atoms with Gasteiger partial charge in [0.05, 0.1) is 19.8 Å². The predicted octanol–water partition coefficient (Wildman–Crippen LogP) is 16.5. The zero-order chi connectivity index (χ0) is 52.7. The number of allylic oxidation sites excluding steroid dienone is 16. The van der Waals surface area contributed by atoms with E-state index < -0.39 is 57.8 Å². The summed E-state index contributed by atoms with van der Waals surface area (Å²) in [7, 11) is -4.76. The second kappa shape index (κ2) is 53.7. The number of carbonyl (C=O) groups is 3. The summed E-state index contributed by atoms with van der Waals surface area (Å²) in [6.45, 7) is 4.36. The molecule has 0 rings (SSSR count). The van der Waals surface area contributed by atoms with E-state index in [2.05, 4.69) is 118 Å². The topological polar surface area (TPSA) is 155 Å². The zero-order valence-electron chi connectivity index (χ0n) is 45.4. The number of rotatable bonds is 51. The highest BCUT2D eigenvalue weighted by Crippen LogP contribution is 2.43. The number of esters is 3. The molecule has 0 bridgehead atoms. The van der Waals surface area contributed by atoms with Crippen LogP contribution in [-0.4, -0.2) is 66.5 Å². The van der Waals surface area contributed by atoms with Crippen molar-refractivity contribution in [1.29, 1.82) is 0 Å². The highest BCUT2D eigenvalue weighted by molar-refractivity contribution is 7.47. The Kier molecular flexibility index (Phi) is 51.0. The molecule has 72 heavy (non-hydrogen) atoms. The lowest BCUT2D eigenvalue weighted by atomic mass is 10.1. The van der Waals surface area contributed by atoms with Crippen molar-refractivity contribution in [2.75, 3.05) is 26.4 Å². The summed E-state index contributed by atoms with van der Waals surface area (Å²) in [6, 6.07) is 0. The molecule has 0 spiro atoms. The van der Waals surface area contributed by atoms with Gasteiger partial charge in [-0.25, -0.2) is 4.57 Å². The van der Waals surface area contributed by atoms with Gasteiger partial charge in [0.25, 0.3) is 0 Å². The largest absolute Gasteiger partial charge is 0.472 e. The molecular formula is C60H101O11P. The number of aliphatic hydroxyl groups excluding tert-OH is 1. The van der Waals surface area contributed by atoms with Gasteiger partial charge in [-0.15, -0.1) is 0 Å². The minimum absolute atomic E-state index is 0.141. The highest BCUT2D eigenvalue weighted by atomic mass is 31.2. The van der Waals surface area contributed by atoms with Crippen molar-refractivity contribution < 1.29 is 52.2 Å². The summed E-state index contributed by atoms with van der Waals surface area (Å²) >= 11 is 0. The van der Waals surface area contributed by atoms with Crippen molar-refractivity contribution in [3.05, 3.63) is 97.2 Å². The van der Waals surface area contributed by atoms with Crippen LogP contribution in [0.5, 0.6) is 0 Å². The van der Waals surface area contributed by atoms with Crippen molar-refractivity contribution >= 4 is 25.7 Å². The molecule has 3 unspecified atom stereocenters. The normalized spacial score (nSPS) is 14.1. The zero-order valence-corrected chi connectivity index (χ0v) is 46.3. The molecule has 0 aliphatic rings. The van der Waals surface area contributed by atoms with Crippen molar-refractivity contribution in [2.24, 2.45) is 0 Å². The van der Waals surface area contributed by atoms with E-state index in [1.165, 1.54) is 25.7 Å². The first kappa shape index (κ1) is 68.4. The van der Waals surface area contributed by atoms with E-state index >= 15 is 0 Å². The van der Waals surface area contributed by atoms with Crippen LogP contribution in [0, 0.1) is 0 Å². The third kappa shape index (κ3) is 51.3. The Hall–Kier alpha value is -3.60. The molecule has 0 aromatic rings. The lowest BCUT2D eigenvalue weighted by Gasteiger charge is -2.21. The van der Waals surface area contributed by atoms with Crippen LogP contribution in [0.25, 0.3) is 0 Å². The Morgan fingerprint density at radius 3 is 1.18 bits per heavy atom. The number of carbonyl (C=O) groups excluding carboxylic acids is 3. The van der Waals surface area contributed by atoms with Gasteiger partial charge < -0.3 is 24.2 Å². The van der Waals surface area contributed by atoms with Crippen molar-refractivity contribution in [2.45, 2.75) is 238 Å². The molecule has 0 saturated heterocycles. The lowest BCUT2D eigenvalue weighted by molar-refractivity contribution is -0.161. The quantitative estimate of drug-likeness (QED) is 0.0197. The third-order valence-corrected chi connectivity index (χ3v) is 12.4. The van der Waals surface area contributed by atoms with Crippen LogP contribution in [0.1, 0.15) is 226 Å². The summed E-state index contributed by atoms with van der Waals surface area (Å²) < 4.78 is 39.4. The van der Waals surface area contributed by atoms with E-state index in [-0.39, 0.29) is 25.9 Å². The maximum Gasteiger partial charge on any atom is 0.472 e. The van der Waals surface area contributed by atoms with E-state index in [4.69, 9.17) is 23.3 Å². The number of unbranched alkanes of at least 4 members (excludes halogenated alkanes) is 18. The molecule has 0 aliphatic carbocycles. The number of hydrogen-bond donors (Lipinski definition) is 2. The summed E-state index contributed by atoms with van der Waals surface area (Å²) in [4.78, 5) is 48.5. The average Bonchev–Trinajstić information content (AvgIpc) is 3.37. The van der Waals surface area contributed by atoms with E-state index in [9.17, 15) is 28.9 Å². The fraction of sp³-hybridized carbons (Fsp3) is 0.683. The number of phosphoric acid groups is 1. The molecule has 0 amide bonds. The minimum Gasteiger partial charge on any atom is -0.462 e. The molecule has 0 aromatic carbocycles. The standard InChI is InChI=1S/C60H101O11P/c1-4-7-10-13-16-19-22-25-26-27-28-29-30-33-36-39-42-45-48-51-60(64)71-57(53-67-58(62)49-46-43-40-37-34-31-23-20-17-14-11-8-5-2)55-69-72(65,66)68-54-56(52-61)70-59(63)50-47-44-41-38-35-32-24-21-18-15-12-9-6-3/h8,11-12,15-17,19-21,24-26,28-29,31,34,56-57,61H,4-7,9-10,13-14,18,22-23,27,30,32-33,35-55H2,1-3H3,(H,65,66)/b11-8-,15-12-,19-16-,20-17-,24-21-,26-25-,29-28-,34-31-. The van der Waals surface area contributed by atoms with Gasteiger partial charge in [-0.1, -0.05) is 189 Å². The van der Waals surface area contributed by atoms with Crippen LogP contribution in [-0.2, 0) is 42.2 Å². The highest BCUT2D eigenvalue weighted by Gasteiger charge is 2.28. The molecule has 0 fully saturated rings. The number of phosphoric ester groups is 1. The molecule has 0 aromatic heterocycles. The second-order valence-corrected chi connectivity index (χ2v) is 19.8. The van der Waals surface area contributed by atoms with Crippen molar-refractivity contribution in [1.82, 2.24) is 0 Å². The van der Waals surface area contributed by atoms with Crippen LogP contribution in [0.2, 0.25) is 0 Å². The van der Waals surface area contributed by atoms with Gasteiger partial charge in [0.2, 0.25) is 0 Å². The maximum absolute atomic E-state index is 12.9. The SMILES string of the molecule is CC/C=C\C/C=C\C/C=C\CCCCCC(=O)OCC(COP(=O)(O)OCC(CO)OC(=O)CCCCCCC/C=C\C/C=C\CCC)OC(=O)CCCCCCCC/C=C\C/C=C\C/C=C\CCCCC. The molecule has 0 radical (unpaired) electrons. The molecule has 3 atom stereocenters. The Bertz CT molecular complexity index is 1580. The summed E-state index contributed by atoms with van der Waals surface area (Å²) in [6.07, 6.45) is 62.2. The van der Waals surface area contributed by atoms with Crippen LogP contribution in [0.15, 0.2) is 97.2 Å². The molecule has 12 heteroatoms. The fourth-order valence-electron chi connectivity index (χ4n) is 7.18. The predicted molar refractivity (Wildman–Crippen MR) is 297 cm³/mol. The first-order valence-electron chi connectivity index (χ1n) is 28.1. The van der Waals surface area contributed by atoms with Gasteiger partial charge in [-0.05, 0) is 116 Å². The fourth-order valence-corrected chi connectivity index (χ4v) is 7.96. The van der Waals surface area contributed by atoms with Gasteiger partial charge >= 0.3 is 25.7 Å². The third-order valence-electron chi connectivity index (χ3n) is 11.4. The Morgan fingerprint density at radius 2 is 0.750 bits per heavy atom. The number of aliphatic hydroxyl groups is 1. The summed E-state index contributed by atoms with van der Waals surface area (Å²) in [5, 5.41) is 9.79. The lowest BCUT2D eigenvalue weighted by Crippen LogP contribution is -2.30. The van der Waals surface area contributed by atoms with Gasteiger partial charge in [0.15, 0.2) is 6.10 Å². The van der Waals surface area contributed by atoms with Crippen LogP contribution >= 0.6 is 7.82 Å². The Morgan fingerprint density at radius 1 is 0.403 bits per heavy atom. The first-order chi connectivity index (χ1) is 35.2. The van der Waals surface area contributed by atoms with Crippen molar-refractivity contribution in [3.8, 4) is 0 Å². The maximum atomic E-state index is 12.9. The molecule has 0 aliphatic heterocycles. The molecule has 2 N–H and O–H groups in total. The smallest absolute Gasteiger partial charge is 0.462 e. The van der Waals surface area contributed by atoms with Crippen LogP contribution < -0.4 is 0 Å². The van der Waals surface area contributed by atoms with Gasteiger partial charge in [-0.2, -0.15) is 0 Å². The summed E-state index contributed by atoms with van der Waals surface area (Å²) in [5.74, 6) is -1.54. The van der Waals surface area contributed by atoms with Crippen LogP contribution in [0.4, 0.5) is 0 Å².